The second kappa shape index (κ2) is 18.3. The molecule has 2 aromatic heterocycles. The molecule has 4 amide bonds. The summed E-state index contributed by atoms with van der Waals surface area (Å²) in [5.74, 6) is 1.05. The monoisotopic (exact) mass is 804 g/mol. The van der Waals surface area contributed by atoms with Crippen molar-refractivity contribution < 1.29 is 38.2 Å². The largest absolute Gasteiger partial charge is 0.493 e. The van der Waals surface area contributed by atoms with E-state index in [1.54, 1.807) is 12.4 Å². The van der Waals surface area contributed by atoms with E-state index in [9.17, 15) is 28.8 Å². The third-order valence-corrected chi connectivity index (χ3v) is 13.9. The zero-order valence-electron chi connectivity index (χ0n) is 30.5. The van der Waals surface area contributed by atoms with Gasteiger partial charge in [0.15, 0.2) is 0 Å². The van der Waals surface area contributed by atoms with E-state index in [2.05, 4.69) is 20.6 Å². The van der Waals surface area contributed by atoms with Crippen LogP contribution in [0, 0.1) is 0 Å². The first kappa shape index (κ1) is 40.9. The van der Waals surface area contributed by atoms with Crippen molar-refractivity contribution in [3.8, 4) is 11.5 Å². The highest BCUT2D eigenvalue weighted by molar-refractivity contribution is 8.15. The number of aromatic nitrogens is 2. The summed E-state index contributed by atoms with van der Waals surface area (Å²) in [6, 6.07) is 22.8. The molecule has 2 saturated heterocycles. The van der Waals surface area contributed by atoms with Gasteiger partial charge in [-0.15, -0.1) is 0 Å². The van der Waals surface area contributed by atoms with Crippen molar-refractivity contribution in [2.75, 3.05) is 13.2 Å². The SMILES string of the molecule is C[Si](C)(O)c1ccc(CCOc2ccc(CC3SC(=O)NC3=O)cc2)nc1.C[Si](C)(O)c1ccc(CCOc2ccc(CC3SC(=O)NC3=O)cc2)nc1. The van der Waals surface area contributed by atoms with E-state index in [4.69, 9.17) is 9.47 Å². The maximum Gasteiger partial charge on any atom is 0.286 e. The molecule has 16 heteroatoms. The number of thioether (sulfide) groups is 2. The fourth-order valence-corrected chi connectivity index (χ4v) is 8.81. The standard InChI is InChI=1S/2C19H22N2O4SSi/c2*1-27(2,24)16-8-5-14(20-12-16)9-10-25-15-6-3-13(4-7-15)11-17-18(22)21-19(23)26-17/h2*3-8,12,17,24H,9-11H2,1-2H3,(H,21,22,23). The van der Waals surface area contributed by atoms with Crippen molar-refractivity contribution >= 4 is 72.8 Å². The number of amides is 4. The summed E-state index contributed by atoms with van der Waals surface area (Å²) >= 11 is 2.07. The Morgan fingerprint density at radius 1 is 0.593 bits per heavy atom. The Morgan fingerprint density at radius 3 is 1.24 bits per heavy atom. The molecule has 2 atom stereocenters. The lowest BCUT2D eigenvalue weighted by molar-refractivity contribution is -0.119. The van der Waals surface area contributed by atoms with E-state index in [1.165, 1.54) is 0 Å². The molecule has 0 saturated carbocycles. The molecule has 0 aliphatic carbocycles. The first-order chi connectivity index (χ1) is 25.6. The topological polar surface area (TPSA) is 177 Å². The van der Waals surface area contributed by atoms with Gasteiger partial charge in [-0.3, -0.25) is 39.8 Å². The van der Waals surface area contributed by atoms with E-state index < -0.39 is 16.6 Å². The van der Waals surface area contributed by atoms with E-state index in [-0.39, 0.29) is 32.8 Å². The summed E-state index contributed by atoms with van der Waals surface area (Å²) in [6.07, 6.45) is 5.88. The summed E-state index contributed by atoms with van der Waals surface area (Å²) in [4.78, 5) is 74.6. The lowest BCUT2D eigenvalue weighted by Crippen LogP contribution is -2.41. The van der Waals surface area contributed by atoms with Crippen LogP contribution in [0.2, 0.25) is 26.2 Å². The van der Waals surface area contributed by atoms with Crippen molar-refractivity contribution in [2.24, 2.45) is 0 Å². The van der Waals surface area contributed by atoms with Gasteiger partial charge in [-0.25, -0.2) is 0 Å². The van der Waals surface area contributed by atoms with E-state index >= 15 is 0 Å². The quantitative estimate of drug-likeness (QED) is 0.135. The highest BCUT2D eigenvalue weighted by Gasteiger charge is 2.32. The normalized spacial score (nSPS) is 17.1. The van der Waals surface area contributed by atoms with Gasteiger partial charge in [-0.2, -0.15) is 0 Å². The van der Waals surface area contributed by atoms with Crippen LogP contribution in [0.25, 0.3) is 0 Å². The molecule has 4 aromatic rings. The fraction of sp³-hybridized carbons (Fsp3) is 0.316. The van der Waals surface area contributed by atoms with E-state index in [0.29, 0.717) is 38.9 Å². The van der Waals surface area contributed by atoms with Crippen LogP contribution in [0.1, 0.15) is 22.5 Å². The van der Waals surface area contributed by atoms with Crippen molar-refractivity contribution in [2.45, 2.75) is 62.4 Å². The number of carbonyl (C=O) groups excluding carboxylic acids is 4. The van der Waals surface area contributed by atoms with Crippen LogP contribution in [0.5, 0.6) is 11.5 Å². The average Bonchev–Trinajstić information content (AvgIpc) is 3.62. The van der Waals surface area contributed by atoms with Crippen molar-refractivity contribution in [1.82, 2.24) is 20.6 Å². The number of nitrogens with one attached hydrogen (secondary N) is 2. The maximum atomic E-state index is 11.6. The summed E-state index contributed by atoms with van der Waals surface area (Å²) in [5, 5.41) is 5.15. The first-order valence-electron chi connectivity index (χ1n) is 17.4. The van der Waals surface area contributed by atoms with Crippen molar-refractivity contribution in [3.63, 3.8) is 0 Å². The van der Waals surface area contributed by atoms with Gasteiger partial charge in [0.25, 0.3) is 10.5 Å². The number of ether oxygens (including phenoxy) is 2. The molecule has 2 fully saturated rings. The predicted molar refractivity (Wildman–Crippen MR) is 216 cm³/mol. The van der Waals surface area contributed by atoms with Crippen LogP contribution in [0.15, 0.2) is 85.2 Å². The minimum absolute atomic E-state index is 0.226. The third-order valence-electron chi connectivity index (χ3n) is 8.54. The Hall–Kier alpha value is -4.33. The van der Waals surface area contributed by atoms with Gasteiger partial charge < -0.3 is 19.1 Å². The molecule has 0 radical (unpaired) electrons. The van der Waals surface area contributed by atoms with Crippen LogP contribution in [0.3, 0.4) is 0 Å². The molecule has 0 spiro atoms. The minimum atomic E-state index is -2.31. The van der Waals surface area contributed by atoms with E-state index in [1.807, 2.05) is 99.0 Å². The second-order valence-electron chi connectivity index (χ2n) is 13.9. The van der Waals surface area contributed by atoms with Crippen LogP contribution >= 0.6 is 23.5 Å². The number of hydrogen-bond acceptors (Lipinski definition) is 12. The second-order valence-corrected chi connectivity index (χ2v) is 23.6. The Labute approximate surface area is 325 Å². The fourth-order valence-electron chi connectivity index (χ4n) is 5.34. The Bertz CT molecular complexity index is 1780. The number of imide groups is 2. The molecule has 12 nitrogen and oxygen atoms in total. The van der Waals surface area contributed by atoms with Gasteiger partial charge in [0, 0.05) is 36.6 Å². The number of hydrogen-bond donors (Lipinski definition) is 4. The Morgan fingerprint density at radius 2 is 0.963 bits per heavy atom. The first-order valence-corrected chi connectivity index (χ1v) is 25.1. The lowest BCUT2D eigenvalue weighted by Gasteiger charge is -2.14. The van der Waals surface area contributed by atoms with Crippen molar-refractivity contribution in [3.05, 3.63) is 108 Å². The maximum absolute atomic E-state index is 11.6. The molecule has 4 N–H and O–H groups in total. The number of nitrogens with zero attached hydrogens (tertiary/aromatic N) is 2. The van der Waals surface area contributed by atoms with Crippen LogP contribution in [-0.2, 0) is 35.3 Å². The number of benzene rings is 2. The molecule has 4 heterocycles. The van der Waals surface area contributed by atoms with Crippen LogP contribution in [-0.4, -0.2) is 82.2 Å². The number of rotatable bonds is 14. The molecule has 2 aromatic carbocycles. The highest BCUT2D eigenvalue weighted by Crippen LogP contribution is 2.25. The van der Waals surface area contributed by atoms with Gasteiger partial charge in [0.1, 0.15) is 11.5 Å². The Balaban J connectivity index is 0.000000208. The predicted octanol–water partition coefficient (Wildman–Crippen LogP) is 4.00. The van der Waals surface area contributed by atoms with Crippen LogP contribution in [0.4, 0.5) is 9.59 Å². The lowest BCUT2D eigenvalue weighted by atomic mass is 10.1. The molecule has 0 bridgehead atoms. The summed E-state index contributed by atoms with van der Waals surface area (Å²) < 4.78 is 11.5. The zero-order chi connectivity index (χ0) is 38.9. The van der Waals surface area contributed by atoms with E-state index in [0.717, 1.165) is 67.9 Å². The van der Waals surface area contributed by atoms with Gasteiger partial charge in [0.05, 0.1) is 23.7 Å². The average molecular weight is 805 g/mol. The summed E-state index contributed by atoms with van der Waals surface area (Å²) in [6.45, 7) is 8.47. The summed E-state index contributed by atoms with van der Waals surface area (Å²) in [5.41, 5.74) is 3.81. The summed E-state index contributed by atoms with van der Waals surface area (Å²) in [7, 11) is -4.61. The molecule has 6 rings (SSSR count). The number of carbonyl (C=O) groups is 4. The van der Waals surface area contributed by atoms with Crippen molar-refractivity contribution in [1.29, 1.82) is 0 Å². The van der Waals surface area contributed by atoms with Gasteiger partial charge in [0.2, 0.25) is 28.4 Å². The molecular weight excluding hydrogens is 761 g/mol. The third kappa shape index (κ3) is 12.4. The molecule has 2 aliphatic heterocycles. The van der Waals surface area contributed by atoms with Crippen LogP contribution < -0.4 is 30.5 Å². The van der Waals surface area contributed by atoms with Gasteiger partial charge in [-0.1, -0.05) is 59.9 Å². The Kier molecular flexibility index (Phi) is 13.9. The van der Waals surface area contributed by atoms with Gasteiger partial charge in [-0.05, 0) is 96.9 Å². The number of pyridine rings is 2. The molecule has 54 heavy (non-hydrogen) atoms. The zero-order valence-corrected chi connectivity index (χ0v) is 34.2. The molecular formula is C38H44N4O8S2Si2. The molecule has 2 unspecified atom stereocenters. The van der Waals surface area contributed by atoms with Gasteiger partial charge >= 0.3 is 0 Å². The molecule has 284 valence electrons. The minimum Gasteiger partial charge on any atom is -0.493 e. The smallest absolute Gasteiger partial charge is 0.286 e. The molecule has 2 aliphatic rings. The highest BCUT2D eigenvalue weighted by atomic mass is 32.2.